The maximum atomic E-state index is 13.7. The van der Waals surface area contributed by atoms with Crippen molar-refractivity contribution in [2.75, 3.05) is 6.61 Å². The fraction of sp³-hybridized carbons (Fsp3) is 0.259. The highest BCUT2D eigenvalue weighted by Gasteiger charge is 2.35. The number of thiazole rings is 1. The lowest BCUT2D eigenvalue weighted by Gasteiger charge is -2.26. The number of aromatic carboxylic acids is 1. The van der Waals surface area contributed by atoms with Gasteiger partial charge in [-0.3, -0.25) is 9.36 Å². The summed E-state index contributed by atoms with van der Waals surface area (Å²) in [5, 5.41) is 9.14. The number of allylic oxidation sites excluding steroid dienone is 1. The molecule has 0 fully saturated rings. The number of hydrogen-bond donors (Lipinski definition) is 1. The van der Waals surface area contributed by atoms with Crippen LogP contribution in [0.25, 0.3) is 6.08 Å². The fourth-order valence-corrected chi connectivity index (χ4v) is 5.07. The van der Waals surface area contributed by atoms with Crippen molar-refractivity contribution in [1.29, 1.82) is 0 Å². The van der Waals surface area contributed by atoms with Crippen molar-refractivity contribution in [3.05, 3.63) is 96.2 Å². The van der Waals surface area contributed by atoms with Crippen molar-refractivity contribution < 1.29 is 24.2 Å². The number of nitrogens with zero attached hydrogens (tertiary/aromatic N) is 2. The van der Waals surface area contributed by atoms with E-state index in [1.165, 1.54) is 28.0 Å². The monoisotopic (exact) mass is 506 g/mol. The van der Waals surface area contributed by atoms with E-state index >= 15 is 0 Å². The molecule has 1 aliphatic rings. The standard InChI is InChI=1S/C27H26N2O6S/c1-5-34-26(33)22-16(4)28-27-29(23(22)19-8-6-7-9-20(19)35-15(2)3)24(30)21(36-27)14-17-10-12-18(13-11-17)25(31)32/h6-15,23H,5H2,1-4H3,(H,31,32)/t23-/m1/s1. The number of carbonyl (C=O) groups is 2. The first-order valence-corrected chi connectivity index (χ1v) is 12.3. The second-order valence-corrected chi connectivity index (χ2v) is 9.44. The van der Waals surface area contributed by atoms with Crippen molar-refractivity contribution in [2.24, 2.45) is 4.99 Å². The molecule has 1 atom stereocenters. The molecule has 0 bridgehead atoms. The van der Waals surface area contributed by atoms with Gasteiger partial charge in [0.1, 0.15) is 11.8 Å². The van der Waals surface area contributed by atoms with E-state index in [0.717, 1.165) is 0 Å². The Morgan fingerprint density at radius 3 is 2.50 bits per heavy atom. The van der Waals surface area contributed by atoms with Gasteiger partial charge < -0.3 is 14.6 Å². The normalized spacial score (nSPS) is 15.5. The van der Waals surface area contributed by atoms with Gasteiger partial charge in [0.25, 0.3) is 5.56 Å². The van der Waals surface area contributed by atoms with E-state index in [1.807, 2.05) is 38.1 Å². The van der Waals surface area contributed by atoms with Crippen LogP contribution in [0.2, 0.25) is 0 Å². The first kappa shape index (κ1) is 25.1. The zero-order chi connectivity index (χ0) is 26.0. The number of benzene rings is 2. The summed E-state index contributed by atoms with van der Waals surface area (Å²) in [6.45, 7) is 7.45. The number of fused-ring (bicyclic) bond motifs is 1. The van der Waals surface area contributed by atoms with Crippen LogP contribution < -0.4 is 19.6 Å². The first-order valence-electron chi connectivity index (χ1n) is 11.5. The highest BCUT2D eigenvalue weighted by atomic mass is 32.1. The summed E-state index contributed by atoms with van der Waals surface area (Å²) < 4.78 is 13.3. The molecule has 36 heavy (non-hydrogen) atoms. The largest absolute Gasteiger partial charge is 0.491 e. The molecule has 0 unspecified atom stereocenters. The minimum absolute atomic E-state index is 0.119. The van der Waals surface area contributed by atoms with E-state index in [2.05, 4.69) is 4.99 Å². The molecule has 186 valence electrons. The number of esters is 1. The minimum Gasteiger partial charge on any atom is -0.491 e. The molecule has 9 heteroatoms. The van der Waals surface area contributed by atoms with Crippen LogP contribution in [0.1, 0.15) is 55.2 Å². The van der Waals surface area contributed by atoms with Crippen LogP contribution in [-0.2, 0) is 9.53 Å². The van der Waals surface area contributed by atoms with Gasteiger partial charge in [0.05, 0.1) is 34.1 Å². The van der Waals surface area contributed by atoms with Crippen molar-refractivity contribution in [3.8, 4) is 5.75 Å². The van der Waals surface area contributed by atoms with Crippen LogP contribution in [0, 0.1) is 0 Å². The SMILES string of the molecule is CCOC(=O)C1=C(C)N=c2sc(=Cc3ccc(C(=O)O)cc3)c(=O)n2[C@@H]1c1ccccc1OC(C)C. The van der Waals surface area contributed by atoms with E-state index < -0.39 is 18.0 Å². The molecule has 1 aliphatic heterocycles. The van der Waals surface area contributed by atoms with Gasteiger partial charge in [0.15, 0.2) is 4.80 Å². The molecule has 4 rings (SSSR count). The summed E-state index contributed by atoms with van der Waals surface area (Å²) in [5.74, 6) is -1.00. The number of carbonyl (C=O) groups excluding carboxylic acids is 1. The van der Waals surface area contributed by atoms with Gasteiger partial charge in [-0.15, -0.1) is 0 Å². The Bertz CT molecular complexity index is 1530. The molecule has 1 aromatic heterocycles. The summed E-state index contributed by atoms with van der Waals surface area (Å²) in [6.07, 6.45) is 1.57. The van der Waals surface area contributed by atoms with E-state index in [4.69, 9.17) is 14.6 Å². The van der Waals surface area contributed by atoms with Crippen molar-refractivity contribution in [1.82, 2.24) is 4.57 Å². The number of aromatic nitrogens is 1. The van der Waals surface area contributed by atoms with Gasteiger partial charge in [-0.2, -0.15) is 0 Å². The summed E-state index contributed by atoms with van der Waals surface area (Å²) in [4.78, 5) is 43.0. The van der Waals surface area contributed by atoms with E-state index in [0.29, 0.717) is 31.9 Å². The molecule has 0 amide bonds. The second kappa shape index (κ2) is 10.3. The van der Waals surface area contributed by atoms with Crippen LogP contribution in [0.4, 0.5) is 0 Å². The number of carboxylic acids is 1. The Morgan fingerprint density at radius 1 is 1.17 bits per heavy atom. The first-order chi connectivity index (χ1) is 17.2. The predicted octanol–water partition coefficient (Wildman–Crippen LogP) is 3.28. The van der Waals surface area contributed by atoms with Crippen molar-refractivity contribution in [3.63, 3.8) is 0 Å². The van der Waals surface area contributed by atoms with E-state index in [9.17, 15) is 14.4 Å². The van der Waals surface area contributed by atoms with Gasteiger partial charge in [-0.1, -0.05) is 41.7 Å². The predicted molar refractivity (Wildman–Crippen MR) is 136 cm³/mol. The Hall–Kier alpha value is -3.98. The average molecular weight is 507 g/mol. The lowest BCUT2D eigenvalue weighted by Crippen LogP contribution is -2.40. The maximum Gasteiger partial charge on any atom is 0.338 e. The molecule has 0 aliphatic carbocycles. The molecule has 8 nitrogen and oxygen atoms in total. The zero-order valence-corrected chi connectivity index (χ0v) is 21.2. The molecule has 0 saturated carbocycles. The summed E-state index contributed by atoms with van der Waals surface area (Å²) in [6, 6.07) is 12.8. The van der Waals surface area contributed by atoms with Crippen molar-refractivity contribution in [2.45, 2.75) is 39.8 Å². The van der Waals surface area contributed by atoms with Crippen LogP contribution in [0.3, 0.4) is 0 Å². The average Bonchev–Trinajstić information content (AvgIpc) is 3.13. The quantitative estimate of drug-likeness (QED) is 0.493. The highest BCUT2D eigenvalue weighted by Crippen LogP contribution is 2.36. The fourth-order valence-electron chi connectivity index (χ4n) is 4.03. The molecule has 0 spiro atoms. The van der Waals surface area contributed by atoms with Crippen LogP contribution in [0.15, 0.2) is 69.6 Å². The Balaban J connectivity index is 1.94. The van der Waals surface area contributed by atoms with Crippen molar-refractivity contribution >= 4 is 29.4 Å². The van der Waals surface area contributed by atoms with Gasteiger partial charge in [-0.25, -0.2) is 14.6 Å². The molecular formula is C27H26N2O6S. The number of carboxylic acid groups (broad SMARTS) is 1. The summed E-state index contributed by atoms with van der Waals surface area (Å²) >= 11 is 1.20. The Morgan fingerprint density at radius 2 is 1.86 bits per heavy atom. The molecule has 0 saturated heterocycles. The van der Waals surface area contributed by atoms with Gasteiger partial charge >= 0.3 is 11.9 Å². The molecule has 1 N–H and O–H groups in total. The smallest absolute Gasteiger partial charge is 0.338 e. The summed E-state index contributed by atoms with van der Waals surface area (Å²) in [5.41, 5.74) is 1.91. The third-order valence-corrected chi connectivity index (χ3v) is 6.53. The van der Waals surface area contributed by atoms with Gasteiger partial charge in [0.2, 0.25) is 0 Å². The van der Waals surface area contributed by atoms with Crippen LogP contribution in [0.5, 0.6) is 5.75 Å². The molecule has 2 aromatic carbocycles. The number of rotatable bonds is 7. The van der Waals surface area contributed by atoms with Gasteiger partial charge in [-0.05, 0) is 57.5 Å². The Kier molecular flexibility index (Phi) is 7.21. The highest BCUT2D eigenvalue weighted by molar-refractivity contribution is 7.07. The molecule has 3 aromatic rings. The third kappa shape index (κ3) is 4.87. The van der Waals surface area contributed by atoms with E-state index in [1.54, 1.807) is 32.1 Å². The second-order valence-electron chi connectivity index (χ2n) is 8.43. The van der Waals surface area contributed by atoms with Gasteiger partial charge in [0, 0.05) is 5.56 Å². The molecular weight excluding hydrogens is 480 g/mol. The lowest BCUT2D eigenvalue weighted by atomic mass is 9.95. The minimum atomic E-state index is -1.02. The third-order valence-electron chi connectivity index (χ3n) is 5.55. The number of para-hydroxylation sites is 1. The summed E-state index contributed by atoms with van der Waals surface area (Å²) in [7, 11) is 0. The zero-order valence-electron chi connectivity index (χ0n) is 20.3. The maximum absolute atomic E-state index is 13.7. The van der Waals surface area contributed by atoms with Crippen LogP contribution >= 0.6 is 11.3 Å². The topological polar surface area (TPSA) is 107 Å². The van der Waals surface area contributed by atoms with E-state index in [-0.39, 0.29) is 29.4 Å². The Labute approximate surface area is 211 Å². The lowest BCUT2D eigenvalue weighted by molar-refractivity contribution is -0.139. The number of ether oxygens (including phenoxy) is 2. The number of hydrogen-bond acceptors (Lipinski definition) is 7. The molecule has 0 radical (unpaired) electrons. The van der Waals surface area contributed by atoms with Crippen LogP contribution in [-0.4, -0.2) is 34.3 Å². The molecule has 2 heterocycles.